The van der Waals surface area contributed by atoms with E-state index in [9.17, 15) is 13.2 Å². The molecule has 0 saturated carbocycles. The number of nitrogens with zero attached hydrogens (tertiary/aromatic N) is 2. The lowest BCUT2D eigenvalue weighted by atomic mass is 9.84. The molecule has 7 nitrogen and oxygen atoms in total. The van der Waals surface area contributed by atoms with Gasteiger partial charge in [-0.25, -0.2) is 4.98 Å². The first-order chi connectivity index (χ1) is 14.1. The van der Waals surface area contributed by atoms with E-state index in [1.165, 1.54) is 5.56 Å². The second-order valence-electron chi connectivity index (χ2n) is 8.59. The van der Waals surface area contributed by atoms with Gasteiger partial charge in [-0.1, -0.05) is 44.5 Å². The SMILES string of the molecule is CS(=O)(=O)O.Cc1ccc(C(N)=O)c(-c2cc(-n3cnc(C)c3)cc(C(C)(C)C)c2)c1. The highest BCUT2D eigenvalue weighted by Gasteiger charge is 2.18. The second-order valence-corrected chi connectivity index (χ2v) is 10.1. The van der Waals surface area contributed by atoms with Crippen LogP contribution >= 0.6 is 0 Å². The van der Waals surface area contributed by atoms with E-state index < -0.39 is 16.0 Å². The molecule has 0 unspecified atom stereocenters. The molecule has 0 fully saturated rings. The summed E-state index contributed by atoms with van der Waals surface area (Å²) in [6.07, 6.45) is 4.52. The molecule has 3 aromatic rings. The average Bonchev–Trinajstić information content (AvgIpc) is 3.05. The standard InChI is InChI=1S/C22H25N3O.CH4O3S/c1-14-6-7-19(21(23)26)20(8-14)16-9-17(22(3,4)5)11-18(10-16)25-12-15(2)24-13-25;1-5(2,3)4/h6-13H,1-5H3,(H2,23,26);1H3,(H,2,3,4). The first kappa shape index (κ1) is 24.3. The lowest BCUT2D eigenvalue weighted by Gasteiger charge is -2.22. The predicted molar refractivity (Wildman–Crippen MR) is 123 cm³/mol. The number of rotatable bonds is 3. The van der Waals surface area contributed by atoms with Gasteiger partial charge in [0, 0.05) is 17.4 Å². The van der Waals surface area contributed by atoms with Gasteiger partial charge >= 0.3 is 0 Å². The number of carbonyl (C=O) groups excluding carboxylic acids is 1. The zero-order chi connectivity index (χ0) is 23.6. The minimum Gasteiger partial charge on any atom is -0.366 e. The lowest BCUT2D eigenvalue weighted by Crippen LogP contribution is -2.14. The van der Waals surface area contributed by atoms with Crippen molar-refractivity contribution in [3.63, 3.8) is 0 Å². The van der Waals surface area contributed by atoms with Crippen molar-refractivity contribution in [1.82, 2.24) is 9.55 Å². The second kappa shape index (κ2) is 9.03. The van der Waals surface area contributed by atoms with Crippen LogP contribution in [0, 0.1) is 13.8 Å². The number of imidazole rings is 1. The average molecular weight is 444 g/mol. The Bertz CT molecular complexity index is 1200. The van der Waals surface area contributed by atoms with E-state index in [0.717, 1.165) is 28.1 Å². The van der Waals surface area contributed by atoms with E-state index in [4.69, 9.17) is 10.3 Å². The number of carbonyl (C=O) groups is 1. The quantitative estimate of drug-likeness (QED) is 0.592. The maximum Gasteiger partial charge on any atom is 0.261 e. The van der Waals surface area contributed by atoms with Gasteiger partial charge in [-0.05, 0) is 54.2 Å². The van der Waals surface area contributed by atoms with Crippen LogP contribution in [-0.4, -0.2) is 34.7 Å². The summed E-state index contributed by atoms with van der Waals surface area (Å²) in [5.41, 5.74) is 12.2. The van der Waals surface area contributed by atoms with Gasteiger partial charge in [0.1, 0.15) is 0 Å². The normalized spacial score (nSPS) is 11.6. The van der Waals surface area contributed by atoms with E-state index in [1.807, 2.05) is 43.1 Å². The summed E-state index contributed by atoms with van der Waals surface area (Å²) < 4.78 is 27.9. The van der Waals surface area contributed by atoms with Crippen molar-refractivity contribution in [1.29, 1.82) is 0 Å². The molecule has 0 saturated heterocycles. The number of benzene rings is 2. The molecule has 3 N–H and O–H groups in total. The van der Waals surface area contributed by atoms with Crippen molar-refractivity contribution in [2.24, 2.45) is 5.73 Å². The molecule has 166 valence electrons. The topological polar surface area (TPSA) is 115 Å². The first-order valence-corrected chi connectivity index (χ1v) is 11.5. The molecular formula is C23H29N3O4S. The van der Waals surface area contributed by atoms with Gasteiger partial charge in [-0.2, -0.15) is 8.42 Å². The summed E-state index contributed by atoms with van der Waals surface area (Å²) in [4.78, 5) is 16.3. The summed E-state index contributed by atoms with van der Waals surface area (Å²) in [7, 11) is -3.67. The molecule has 31 heavy (non-hydrogen) atoms. The molecule has 2 aromatic carbocycles. The van der Waals surface area contributed by atoms with Gasteiger partial charge in [0.2, 0.25) is 5.91 Å². The van der Waals surface area contributed by atoms with Gasteiger partial charge < -0.3 is 10.3 Å². The van der Waals surface area contributed by atoms with Crippen molar-refractivity contribution < 1.29 is 17.8 Å². The zero-order valence-corrected chi connectivity index (χ0v) is 19.5. The minimum absolute atomic E-state index is 0.0307. The van der Waals surface area contributed by atoms with Crippen LogP contribution in [0.25, 0.3) is 16.8 Å². The van der Waals surface area contributed by atoms with E-state index in [-0.39, 0.29) is 5.41 Å². The number of amides is 1. The number of primary amides is 1. The van der Waals surface area contributed by atoms with E-state index in [2.05, 4.69) is 44.0 Å². The minimum atomic E-state index is -3.67. The summed E-state index contributed by atoms with van der Waals surface area (Å²) in [5, 5.41) is 0. The van der Waals surface area contributed by atoms with Crippen molar-refractivity contribution >= 4 is 16.0 Å². The van der Waals surface area contributed by atoms with E-state index >= 15 is 0 Å². The monoisotopic (exact) mass is 443 g/mol. The van der Waals surface area contributed by atoms with Crippen LogP contribution in [0.5, 0.6) is 0 Å². The van der Waals surface area contributed by atoms with Crippen molar-refractivity contribution in [3.05, 3.63) is 71.3 Å². The highest BCUT2D eigenvalue weighted by atomic mass is 32.2. The summed E-state index contributed by atoms with van der Waals surface area (Å²) in [5.74, 6) is -0.416. The third kappa shape index (κ3) is 7.04. The van der Waals surface area contributed by atoms with Crippen LogP contribution < -0.4 is 5.73 Å². The molecule has 0 spiro atoms. The molecule has 1 aromatic heterocycles. The largest absolute Gasteiger partial charge is 0.366 e. The van der Waals surface area contributed by atoms with Crippen molar-refractivity contribution in [2.45, 2.75) is 40.0 Å². The molecule has 8 heteroatoms. The Morgan fingerprint density at radius 3 is 2.19 bits per heavy atom. The van der Waals surface area contributed by atoms with Gasteiger partial charge in [-0.3, -0.25) is 9.35 Å². The highest BCUT2D eigenvalue weighted by Crippen LogP contribution is 2.33. The number of hydrogen-bond donors (Lipinski definition) is 2. The molecule has 0 atom stereocenters. The first-order valence-electron chi connectivity index (χ1n) is 9.65. The van der Waals surface area contributed by atoms with Gasteiger partial charge in [0.15, 0.2) is 0 Å². The van der Waals surface area contributed by atoms with Crippen LogP contribution in [0.2, 0.25) is 0 Å². The number of aryl methyl sites for hydroxylation is 2. The van der Waals surface area contributed by atoms with Crippen LogP contribution in [-0.2, 0) is 15.5 Å². The summed E-state index contributed by atoms with van der Waals surface area (Å²) in [6.45, 7) is 10.5. The Balaban J connectivity index is 0.000000614. The molecule has 0 radical (unpaired) electrons. The van der Waals surface area contributed by atoms with Crippen LogP contribution in [0.15, 0.2) is 48.9 Å². The number of hydrogen-bond acceptors (Lipinski definition) is 4. The fourth-order valence-electron chi connectivity index (χ4n) is 3.02. The van der Waals surface area contributed by atoms with Gasteiger partial charge in [0.05, 0.1) is 18.3 Å². The molecule has 0 aliphatic rings. The van der Waals surface area contributed by atoms with Crippen LogP contribution in [0.3, 0.4) is 0 Å². The van der Waals surface area contributed by atoms with Gasteiger partial charge in [-0.15, -0.1) is 0 Å². The Morgan fingerprint density at radius 2 is 1.71 bits per heavy atom. The van der Waals surface area contributed by atoms with E-state index in [1.54, 1.807) is 6.07 Å². The fourth-order valence-corrected chi connectivity index (χ4v) is 3.02. The Labute approximate surface area is 183 Å². The molecule has 1 heterocycles. The maximum atomic E-state index is 12.0. The fraction of sp³-hybridized carbons (Fsp3) is 0.304. The predicted octanol–water partition coefficient (Wildman–Crippen LogP) is 4.06. The Hall–Kier alpha value is -2.97. The smallest absolute Gasteiger partial charge is 0.261 e. The third-order valence-corrected chi connectivity index (χ3v) is 4.55. The zero-order valence-electron chi connectivity index (χ0n) is 18.7. The van der Waals surface area contributed by atoms with E-state index in [0.29, 0.717) is 11.8 Å². The van der Waals surface area contributed by atoms with Crippen molar-refractivity contribution in [3.8, 4) is 16.8 Å². The van der Waals surface area contributed by atoms with Crippen molar-refractivity contribution in [2.75, 3.05) is 6.26 Å². The highest BCUT2D eigenvalue weighted by molar-refractivity contribution is 7.85. The molecule has 0 bridgehead atoms. The van der Waals surface area contributed by atoms with Crippen LogP contribution in [0.1, 0.15) is 48.0 Å². The van der Waals surface area contributed by atoms with Gasteiger partial charge in [0.25, 0.3) is 10.1 Å². The van der Waals surface area contributed by atoms with Crippen LogP contribution in [0.4, 0.5) is 0 Å². The Kier molecular flexibility index (Phi) is 7.08. The molecule has 0 aliphatic carbocycles. The number of nitrogens with two attached hydrogens (primary N) is 1. The summed E-state index contributed by atoms with van der Waals surface area (Å²) in [6, 6.07) is 12.1. The number of aromatic nitrogens is 2. The lowest BCUT2D eigenvalue weighted by molar-refractivity contribution is 0.100. The molecule has 0 aliphatic heterocycles. The molecular weight excluding hydrogens is 414 g/mol. The summed E-state index contributed by atoms with van der Waals surface area (Å²) >= 11 is 0. The maximum absolute atomic E-state index is 12.0. The molecule has 1 amide bonds. The molecule has 3 rings (SSSR count). The Morgan fingerprint density at radius 1 is 1.10 bits per heavy atom. The third-order valence-electron chi connectivity index (χ3n) is 4.55.